The summed E-state index contributed by atoms with van der Waals surface area (Å²) >= 11 is 0. The van der Waals surface area contributed by atoms with Crippen LogP contribution in [-0.4, -0.2) is 25.6 Å². The first kappa shape index (κ1) is 15.8. The lowest BCUT2D eigenvalue weighted by molar-refractivity contribution is -0.114. The molecule has 22 heavy (non-hydrogen) atoms. The summed E-state index contributed by atoms with van der Waals surface area (Å²) in [5.41, 5.74) is 1.82. The number of nitrogens with one attached hydrogen (secondary N) is 3. The molecule has 0 unspecified atom stereocenters. The second kappa shape index (κ2) is 6.44. The van der Waals surface area contributed by atoms with E-state index in [4.69, 9.17) is 0 Å². The van der Waals surface area contributed by atoms with Gasteiger partial charge in [0, 0.05) is 18.3 Å². The monoisotopic (exact) mass is 320 g/mol. The fourth-order valence-electron chi connectivity index (χ4n) is 1.77. The van der Waals surface area contributed by atoms with Crippen LogP contribution in [0.4, 0.5) is 22.9 Å². The fourth-order valence-corrected chi connectivity index (χ4v) is 2.32. The molecule has 1 amide bonds. The molecule has 0 aliphatic heterocycles. The molecular formula is C14H16N4O3S. The lowest BCUT2D eigenvalue weighted by atomic mass is 10.2. The number of nitrogens with zero attached hydrogens (tertiary/aromatic N) is 1. The zero-order chi connectivity index (χ0) is 16.2. The highest BCUT2D eigenvalue weighted by atomic mass is 32.2. The highest BCUT2D eigenvalue weighted by Crippen LogP contribution is 2.20. The number of carbonyl (C=O) groups excluding carboxylic acids is 1. The van der Waals surface area contributed by atoms with Gasteiger partial charge >= 0.3 is 0 Å². The molecule has 0 bridgehead atoms. The molecule has 0 atom stereocenters. The number of rotatable bonds is 5. The third-order valence-corrected chi connectivity index (χ3v) is 3.13. The summed E-state index contributed by atoms with van der Waals surface area (Å²) in [7, 11) is -3.32. The van der Waals surface area contributed by atoms with E-state index in [0.29, 0.717) is 17.2 Å². The number of pyridine rings is 1. The Morgan fingerprint density at radius 3 is 2.41 bits per heavy atom. The van der Waals surface area contributed by atoms with Crippen LogP contribution in [0.3, 0.4) is 0 Å². The average Bonchev–Trinajstić information content (AvgIpc) is 2.39. The molecule has 1 aromatic carbocycles. The van der Waals surface area contributed by atoms with Gasteiger partial charge in [-0.3, -0.25) is 9.52 Å². The van der Waals surface area contributed by atoms with E-state index in [9.17, 15) is 13.2 Å². The topological polar surface area (TPSA) is 100 Å². The molecular weight excluding hydrogens is 304 g/mol. The van der Waals surface area contributed by atoms with Crippen molar-refractivity contribution >= 4 is 38.8 Å². The van der Waals surface area contributed by atoms with Crippen molar-refractivity contribution in [2.45, 2.75) is 6.92 Å². The number of anilines is 4. The molecule has 1 heterocycles. The van der Waals surface area contributed by atoms with Gasteiger partial charge < -0.3 is 10.6 Å². The van der Waals surface area contributed by atoms with Crippen LogP contribution < -0.4 is 15.4 Å². The van der Waals surface area contributed by atoms with Crippen molar-refractivity contribution in [2.24, 2.45) is 0 Å². The van der Waals surface area contributed by atoms with E-state index in [2.05, 4.69) is 20.3 Å². The van der Waals surface area contributed by atoms with Crippen LogP contribution in [0.2, 0.25) is 0 Å². The Morgan fingerprint density at radius 2 is 1.82 bits per heavy atom. The highest BCUT2D eigenvalue weighted by Gasteiger charge is 2.03. The normalized spacial score (nSPS) is 10.8. The van der Waals surface area contributed by atoms with E-state index in [1.54, 1.807) is 30.3 Å². The molecule has 0 aliphatic rings. The van der Waals surface area contributed by atoms with E-state index in [1.807, 2.05) is 6.07 Å². The number of carbonyl (C=O) groups is 1. The van der Waals surface area contributed by atoms with E-state index >= 15 is 0 Å². The van der Waals surface area contributed by atoms with Crippen molar-refractivity contribution in [3.63, 3.8) is 0 Å². The zero-order valence-corrected chi connectivity index (χ0v) is 12.9. The van der Waals surface area contributed by atoms with Gasteiger partial charge in [-0.25, -0.2) is 13.4 Å². The molecule has 0 fully saturated rings. The maximum atomic E-state index is 11.1. The predicted molar refractivity (Wildman–Crippen MR) is 86.7 cm³/mol. The van der Waals surface area contributed by atoms with Crippen molar-refractivity contribution in [1.29, 1.82) is 0 Å². The number of aromatic nitrogens is 1. The van der Waals surface area contributed by atoms with E-state index < -0.39 is 10.0 Å². The van der Waals surface area contributed by atoms with Crippen LogP contribution in [-0.2, 0) is 14.8 Å². The van der Waals surface area contributed by atoms with Gasteiger partial charge in [-0.05, 0) is 30.3 Å². The summed E-state index contributed by atoms with van der Waals surface area (Å²) in [5, 5.41) is 5.76. The second-order valence-electron chi connectivity index (χ2n) is 4.69. The molecule has 0 saturated heterocycles. The van der Waals surface area contributed by atoms with Gasteiger partial charge in [0.15, 0.2) is 0 Å². The summed E-state index contributed by atoms with van der Waals surface area (Å²) in [6.07, 6.45) is 2.49. The zero-order valence-electron chi connectivity index (χ0n) is 12.1. The Bertz CT molecular complexity index is 773. The Balaban J connectivity index is 2.09. The summed E-state index contributed by atoms with van der Waals surface area (Å²) < 4.78 is 24.6. The maximum absolute atomic E-state index is 11.1. The fraction of sp³-hybridized carbons (Fsp3) is 0.143. The van der Waals surface area contributed by atoms with Gasteiger partial charge in [-0.2, -0.15) is 0 Å². The molecule has 0 saturated carbocycles. The molecule has 1 aromatic heterocycles. The Hall–Kier alpha value is -2.61. The lowest BCUT2D eigenvalue weighted by Crippen LogP contribution is -2.09. The number of hydrogen-bond acceptors (Lipinski definition) is 5. The van der Waals surface area contributed by atoms with Gasteiger partial charge in [0.05, 0.1) is 18.1 Å². The van der Waals surface area contributed by atoms with Crippen LogP contribution in [0, 0.1) is 0 Å². The quantitative estimate of drug-likeness (QED) is 0.784. The van der Waals surface area contributed by atoms with Crippen molar-refractivity contribution in [1.82, 2.24) is 4.98 Å². The van der Waals surface area contributed by atoms with Gasteiger partial charge in [-0.1, -0.05) is 6.07 Å². The molecule has 0 aliphatic carbocycles. The van der Waals surface area contributed by atoms with Crippen molar-refractivity contribution in [3.8, 4) is 0 Å². The first-order chi connectivity index (χ1) is 10.3. The van der Waals surface area contributed by atoms with Crippen molar-refractivity contribution in [3.05, 3.63) is 42.6 Å². The number of amides is 1. The Kier molecular flexibility index (Phi) is 4.62. The lowest BCUT2D eigenvalue weighted by Gasteiger charge is -2.09. The molecule has 8 heteroatoms. The molecule has 0 radical (unpaired) electrons. The Morgan fingerprint density at radius 1 is 1.09 bits per heavy atom. The largest absolute Gasteiger partial charge is 0.340 e. The molecule has 3 N–H and O–H groups in total. The number of hydrogen-bond donors (Lipinski definition) is 3. The first-order valence-electron chi connectivity index (χ1n) is 6.40. The third-order valence-electron chi connectivity index (χ3n) is 2.52. The summed E-state index contributed by atoms with van der Waals surface area (Å²) in [6.45, 7) is 1.44. The standard InChI is InChI=1S/C14H16N4O3S/c1-10(19)16-11-4-3-5-12(8-11)17-14-7-6-13(9-15-14)18-22(2,20)21/h3-9,18H,1-2H3,(H,15,17)(H,16,19). The van der Waals surface area contributed by atoms with Crippen LogP contribution in [0.1, 0.15) is 6.92 Å². The highest BCUT2D eigenvalue weighted by molar-refractivity contribution is 7.92. The Labute approximate surface area is 128 Å². The minimum Gasteiger partial charge on any atom is -0.340 e. The van der Waals surface area contributed by atoms with Crippen molar-refractivity contribution < 1.29 is 13.2 Å². The molecule has 7 nitrogen and oxygen atoms in total. The van der Waals surface area contributed by atoms with Gasteiger partial charge in [0.25, 0.3) is 0 Å². The first-order valence-corrected chi connectivity index (χ1v) is 8.29. The summed E-state index contributed by atoms with van der Waals surface area (Å²) in [4.78, 5) is 15.2. The van der Waals surface area contributed by atoms with Crippen LogP contribution >= 0.6 is 0 Å². The molecule has 116 valence electrons. The van der Waals surface area contributed by atoms with Crippen LogP contribution in [0.25, 0.3) is 0 Å². The van der Waals surface area contributed by atoms with Crippen LogP contribution in [0.15, 0.2) is 42.6 Å². The van der Waals surface area contributed by atoms with Gasteiger partial charge in [0.1, 0.15) is 5.82 Å². The predicted octanol–water partition coefficient (Wildman–Crippen LogP) is 2.16. The van der Waals surface area contributed by atoms with E-state index in [0.717, 1.165) is 11.9 Å². The van der Waals surface area contributed by atoms with Crippen LogP contribution in [0.5, 0.6) is 0 Å². The molecule has 2 rings (SSSR count). The minimum atomic E-state index is -3.32. The second-order valence-corrected chi connectivity index (χ2v) is 6.44. The minimum absolute atomic E-state index is 0.147. The smallest absolute Gasteiger partial charge is 0.229 e. The van der Waals surface area contributed by atoms with Gasteiger partial charge in [-0.15, -0.1) is 0 Å². The van der Waals surface area contributed by atoms with E-state index in [-0.39, 0.29) is 5.91 Å². The third kappa shape index (κ3) is 5.06. The molecule has 0 spiro atoms. The van der Waals surface area contributed by atoms with E-state index in [1.165, 1.54) is 13.1 Å². The molecule has 2 aromatic rings. The average molecular weight is 320 g/mol. The summed E-state index contributed by atoms with van der Waals surface area (Å²) in [5.74, 6) is 0.408. The maximum Gasteiger partial charge on any atom is 0.229 e. The number of sulfonamides is 1. The van der Waals surface area contributed by atoms with Crippen molar-refractivity contribution in [2.75, 3.05) is 21.6 Å². The number of benzene rings is 1. The summed E-state index contributed by atoms with van der Waals surface area (Å²) in [6, 6.07) is 10.4. The van der Waals surface area contributed by atoms with Gasteiger partial charge in [0.2, 0.25) is 15.9 Å². The SMILES string of the molecule is CC(=O)Nc1cccc(Nc2ccc(NS(C)(=O)=O)cn2)c1.